The fourth-order valence-corrected chi connectivity index (χ4v) is 2.95. The third-order valence-corrected chi connectivity index (χ3v) is 4.14. The predicted molar refractivity (Wildman–Crippen MR) is 96.1 cm³/mol. The number of rotatable bonds is 5. The van der Waals surface area contributed by atoms with Crippen LogP contribution in [0.25, 0.3) is 0 Å². The molecule has 1 fully saturated rings. The van der Waals surface area contributed by atoms with Crippen LogP contribution in [0.3, 0.4) is 0 Å². The molecule has 0 aromatic heterocycles. The second kappa shape index (κ2) is 6.87. The molecule has 24 heavy (non-hydrogen) atoms. The van der Waals surface area contributed by atoms with Crippen LogP contribution in [-0.4, -0.2) is 17.9 Å². The van der Waals surface area contributed by atoms with Crippen LogP contribution in [0, 0.1) is 6.92 Å². The molecule has 0 radical (unpaired) electrons. The maximum absolute atomic E-state index is 12.4. The van der Waals surface area contributed by atoms with Crippen LogP contribution in [0.4, 0.5) is 11.4 Å². The normalized spacial score (nSPS) is 13.4. The highest BCUT2D eigenvalue weighted by Gasteiger charge is 2.33. The van der Waals surface area contributed by atoms with Crippen molar-refractivity contribution in [2.75, 3.05) is 10.2 Å². The number of hydrogen-bond donors (Lipinski definition) is 1. The van der Waals surface area contributed by atoms with Crippen molar-refractivity contribution in [3.63, 3.8) is 0 Å². The van der Waals surface area contributed by atoms with Crippen LogP contribution >= 0.6 is 0 Å². The number of nitrogens with zero attached hydrogens (tertiary/aromatic N) is 1. The number of para-hydroxylation sites is 2. The van der Waals surface area contributed by atoms with E-state index >= 15 is 0 Å². The summed E-state index contributed by atoms with van der Waals surface area (Å²) in [5, 5.41) is 2.96. The molecule has 124 valence electrons. The topological polar surface area (TPSA) is 49.4 Å². The first-order valence-electron chi connectivity index (χ1n) is 8.29. The predicted octanol–water partition coefficient (Wildman–Crippen LogP) is 3.69. The van der Waals surface area contributed by atoms with Crippen molar-refractivity contribution >= 4 is 23.2 Å². The Kier molecular flexibility index (Phi) is 4.65. The summed E-state index contributed by atoms with van der Waals surface area (Å²) in [5.41, 5.74) is 3.59. The molecule has 0 aliphatic heterocycles. The van der Waals surface area contributed by atoms with E-state index in [4.69, 9.17) is 0 Å². The van der Waals surface area contributed by atoms with Crippen LogP contribution in [0.1, 0.15) is 30.9 Å². The molecule has 0 unspecified atom stereocenters. The van der Waals surface area contributed by atoms with Crippen LogP contribution in [0.5, 0.6) is 0 Å². The second-order valence-electron chi connectivity index (χ2n) is 6.35. The minimum atomic E-state index is -0.0765. The summed E-state index contributed by atoms with van der Waals surface area (Å²) in [5.74, 6) is -0.0646. The number of aryl methyl sites for hydroxylation is 1. The van der Waals surface area contributed by atoms with Gasteiger partial charge in [0.15, 0.2) is 0 Å². The maximum Gasteiger partial charge on any atom is 0.228 e. The molecule has 2 aromatic carbocycles. The lowest BCUT2D eigenvalue weighted by molar-refractivity contribution is -0.117. The van der Waals surface area contributed by atoms with Gasteiger partial charge in [0.05, 0.1) is 17.8 Å². The summed E-state index contributed by atoms with van der Waals surface area (Å²) < 4.78 is 0. The van der Waals surface area contributed by atoms with Gasteiger partial charge in [-0.25, -0.2) is 0 Å². The third kappa shape index (κ3) is 3.82. The molecule has 1 N–H and O–H groups in total. The summed E-state index contributed by atoms with van der Waals surface area (Å²) in [6, 6.07) is 15.7. The molecule has 1 aliphatic carbocycles. The number of hydrogen-bond acceptors (Lipinski definition) is 2. The Bertz CT molecular complexity index is 766. The van der Waals surface area contributed by atoms with Gasteiger partial charge in [-0.3, -0.25) is 9.59 Å². The van der Waals surface area contributed by atoms with Gasteiger partial charge in [0.2, 0.25) is 11.8 Å². The van der Waals surface area contributed by atoms with Crippen molar-refractivity contribution in [2.24, 2.45) is 0 Å². The van der Waals surface area contributed by atoms with E-state index in [0.29, 0.717) is 12.1 Å². The first-order chi connectivity index (χ1) is 11.5. The van der Waals surface area contributed by atoms with Gasteiger partial charge in [0, 0.05) is 13.0 Å². The van der Waals surface area contributed by atoms with E-state index in [2.05, 4.69) is 5.32 Å². The largest absolute Gasteiger partial charge is 0.324 e. The van der Waals surface area contributed by atoms with Crippen molar-refractivity contribution in [3.8, 4) is 0 Å². The molecule has 1 aliphatic rings. The van der Waals surface area contributed by atoms with Gasteiger partial charge in [-0.1, -0.05) is 42.0 Å². The van der Waals surface area contributed by atoms with Crippen molar-refractivity contribution < 1.29 is 9.59 Å². The minimum Gasteiger partial charge on any atom is -0.324 e. The second-order valence-corrected chi connectivity index (χ2v) is 6.35. The Morgan fingerprint density at radius 1 is 1.12 bits per heavy atom. The van der Waals surface area contributed by atoms with E-state index in [1.807, 2.05) is 55.5 Å². The molecule has 2 aromatic rings. The quantitative estimate of drug-likeness (QED) is 0.912. The molecule has 0 saturated heterocycles. The molecule has 4 nitrogen and oxygen atoms in total. The lowest BCUT2D eigenvalue weighted by Crippen LogP contribution is -2.31. The number of amides is 2. The molecule has 3 rings (SSSR count). The molecule has 1 saturated carbocycles. The average Bonchev–Trinajstić information content (AvgIpc) is 3.33. The fourth-order valence-electron chi connectivity index (χ4n) is 2.95. The van der Waals surface area contributed by atoms with Crippen LogP contribution in [0.2, 0.25) is 0 Å². The van der Waals surface area contributed by atoms with Crippen molar-refractivity contribution in [3.05, 3.63) is 59.7 Å². The van der Waals surface area contributed by atoms with Crippen molar-refractivity contribution in [2.45, 2.75) is 39.2 Å². The van der Waals surface area contributed by atoms with Crippen LogP contribution in [0.15, 0.2) is 48.5 Å². The number of anilines is 2. The zero-order valence-electron chi connectivity index (χ0n) is 14.1. The van der Waals surface area contributed by atoms with Crippen LogP contribution in [-0.2, 0) is 16.0 Å². The van der Waals surface area contributed by atoms with E-state index in [0.717, 1.165) is 29.7 Å². The molecule has 2 amide bonds. The van der Waals surface area contributed by atoms with Crippen molar-refractivity contribution in [1.82, 2.24) is 0 Å². The van der Waals surface area contributed by atoms with Gasteiger partial charge in [-0.2, -0.15) is 0 Å². The Hall–Kier alpha value is -2.62. The van der Waals surface area contributed by atoms with Gasteiger partial charge in [-0.15, -0.1) is 0 Å². The summed E-state index contributed by atoms with van der Waals surface area (Å²) >= 11 is 0. The molecule has 0 heterocycles. The molecule has 0 atom stereocenters. The Morgan fingerprint density at radius 2 is 1.88 bits per heavy atom. The molecule has 0 bridgehead atoms. The van der Waals surface area contributed by atoms with E-state index in [-0.39, 0.29) is 17.9 Å². The highest BCUT2D eigenvalue weighted by atomic mass is 16.2. The van der Waals surface area contributed by atoms with E-state index < -0.39 is 0 Å². The SMILES string of the molecule is CC(=O)N(c1ccccc1NC(=O)Cc1cccc(C)c1)C1CC1. The summed E-state index contributed by atoms with van der Waals surface area (Å²) in [4.78, 5) is 26.2. The highest BCUT2D eigenvalue weighted by Crippen LogP contribution is 2.36. The van der Waals surface area contributed by atoms with Crippen molar-refractivity contribution in [1.29, 1.82) is 0 Å². The number of nitrogens with one attached hydrogen (secondary N) is 1. The monoisotopic (exact) mass is 322 g/mol. The van der Waals surface area contributed by atoms with E-state index in [1.54, 1.807) is 11.8 Å². The number of carbonyl (C=O) groups excluding carboxylic acids is 2. The summed E-state index contributed by atoms with van der Waals surface area (Å²) in [6.45, 7) is 3.58. The molecule has 4 heteroatoms. The first-order valence-corrected chi connectivity index (χ1v) is 8.29. The van der Waals surface area contributed by atoms with Gasteiger partial charge in [0.25, 0.3) is 0 Å². The number of benzene rings is 2. The maximum atomic E-state index is 12.4. The lowest BCUT2D eigenvalue weighted by atomic mass is 10.1. The van der Waals surface area contributed by atoms with E-state index in [1.165, 1.54) is 0 Å². The Morgan fingerprint density at radius 3 is 2.54 bits per heavy atom. The van der Waals surface area contributed by atoms with Gasteiger partial charge >= 0.3 is 0 Å². The number of carbonyl (C=O) groups is 2. The van der Waals surface area contributed by atoms with E-state index in [9.17, 15) is 9.59 Å². The standard InChI is InChI=1S/C20H22N2O2/c1-14-6-5-7-16(12-14)13-20(24)21-18-8-3-4-9-19(18)22(15(2)23)17-10-11-17/h3-9,12,17H,10-11,13H2,1-2H3,(H,21,24). The molecule has 0 spiro atoms. The minimum absolute atomic E-state index is 0.0119. The summed E-state index contributed by atoms with van der Waals surface area (Å²) in [6.07, 6.45) is 2.36. The van der Waals surface area contributed by atoms with Gasteiger partial charge in [0.1, 0.15) is 0 Å². The van der Waals surface area contributed by atoms with Gasteiger partial charge in [-0.05, 0) is 37.5 Å². The lowest BCUT2D eigenvalue weighted by Gasteiger charge is -2.24. The Labute approximate surface area is 142 Å². The van der Waals surface area contributed by atoms with Crippen LogP contribution < -0.4 is 10.2 Å². The summed E-state index contributed by atoms with van der Waals surface area (Å²) in [7, 11) is 0. The highest BCUT2D eigenvalue weighted by molar-refractivity contribution is 6.01. The third-order valence-electron chi connectivity index (χ3n) is 4.14. The smallest absolute Gasteiger partial charge is 0.228 e. The average molecular weight is 322 g/mol. The Balaban J connectivity index is 1.77. The zero-order chi connectivity index (χ0) is 17.1. The van der Waals surface area contributed by atoms with Gasteiger partial charge < -0.3 is 10.2 Å². The zero-order valence-corrected chi connectivity index (χ0v) is 14.1. The fraction of sp³-hybridized carbons (Fsp3) is 0.300. The molecular formula is C20H22N2O2. The molecular weight excluding hydrogens is 300 g/mol. The first kappa shape index (κ1) is 16.2.